The molecule has 1 aliphatic heterocycles. The minimum Gasteiger partial charge on any atom is -0.469 e. The summed E-state index contributed by atoms with van der Waals surface area (Å²) in [6.45, 7) is 4.80. The van der Waals surface area contributed by atoms with Crippen molar-refractivity contribution in [2.75, 3.05) is 19.7 Å². The van der Waals surface area contributed by atoms with Gasteiger partial charge in [-0.1, -0.05) is 19.8 Å². The summed E-state index contributed by atoms with van der Waals surface area (Å²) in [6.07, 6.45) is 10.4. The molecule has 1 aliphatic carbocycles. The third-order valence-electron chi connectivity index (χ3n) is 5.15. The van der Waals surface area contributed by atoms with E-state index in [9.17, 15) is 0 Å². The minimum atomic E-state index is 0. The second kappa shape index (κ2) is 11.1. The highest BCUT2D eigenvalue weighted by Gasteiger charge is 2.22. The van der Waals surface area contributed by atoms with Crippen LogP contribution in [0, 0.1) is 5.92 Å². The molecule has 0 spiro atoms. The molecule has 5 nitrogen and oxygen atoms in total. The standard InChI is InChI=1S/C19H31N3O2.HI/c1-15-6-2-3-9-18(15)22-19(21-14-17-8-5-13-24-17)20-11-10-16-7-4-12-23-16;/h4,7,12,15,17-18H,2-3,5-6,8-11,13-14H2,1H3,(H2,20,21,22);1H. The van der Waals surface area contributed by atoms with Crippen LogP contribution in [0.3, 0.4) is 0 Å². The van der Waals surface area contributed by atoms with Crippen molar-refractivity contribution in [3.8, 4) is 0 Å². The third-order valence-corrected chi connectivity index (χ3v) is 5.15. The van der Waals surface area contributed by atoms with Crippen LogP contribution in [0.2, 0.25) is 0 Å². The van der Waals surface area contributed by atoms with E-state index >= 15 is 0 Å². The molecule has 25 heavy (non-hydrogen) atoms. The molecule has 0 amide bonds. The molecule has 0 radical (unpaired) electrons. The molecule has 2 aliphatic rings. The maximum atomic E-state index is 5.70. The molecule has 3 atom stereocenters. The maximum absolute atomic E-state index is 5.70. The first kappa shape index (κ1) is 20.6. The Morgan fingerprint density at radius 2 is 2.12 bits per heavy atom. The molecule has 1 aromatic heterocycles. The molecular formula is C19H32IN3O2. The number of hydrogen-bond acceptors (Lipinski definition) is 3. The highest BCUT2D eigenvalue weighted by Crippen LogP contribution is 2.23. The Balaban J connectivity index is 0.00000225. The van der Waals surface area contributed by atoms with Gasteiger partial charge in [0.2, 0.25) is 0 Å². The van der Waals surface area contributed by atoms with E-state index in [0.29, 0.717) is 12.0 Å². The normalized spacial score (nSPS) is 26.9. The Labute approximate surface area is 168 Å². The zero-order chi connectivity index (χ0) is 16.6. The summed E-state index contributed by atoms with van der Waals surface area (Å²) in [7, 11) is 0. The molecule has 0 aromatic carbocycles. The molecule has 2 fully saturated rings. The van der Waals surface area contributed by atoms with Crippen LogP contribution in [-0.2, 0) is 11.2 Å². The predicted molar refractivity (Wildman–Crippen MR) is 112 cm³/mol. The largest absolute Gasteiger partial charge is 0.469 e. The van der Waals surface area contributed by atoms with Gasteiger partial charge in [0.1, 0.15) is 5.76 Å². The first-order chi connectivity index (χ1) is 11.8. The third kappa shape index (κ3) is 6.81. The van der Waals surface area contributed by atoms with Crippen LogP contribution in [0.1, 0.15) is 51.2 Å². The van der Waals surface area contributed by atoms with Gasteiger partial charge in [-0.05, 0) is 43.7 Å². The number of halogens is 1. The fourth-order valence-corrected chi connectivity index (χ4v) is 3.60. The van der Waals surface area contributed by atoms with E-state index in [-0.39, 0.29) is 30.1 Å². The molecule has 2 N–H and O–H groups in total. The summed E-state index contributed by atoms with van der Waals surface area (Å²) < 4.78 is 11.1. The average Bonchev–Trinajstić information content (AvgIpc) is 3.28. The van der Waals surface area contributed by atoms with Gasteiger partial charge in [0.15, 0.2) is 5.96 Å². The second-order valence-corrected chi connectivity index (χ2v) is 7.09. The summed E-state index contributed by atoms with van der Waals surface area (Å²) in [5, 5.41) is 7.14. The highest BCUT2D eigenvalue weighted by molar-refractivity contribution is 14.0. The number of nitrogens with zero attached hydrogens (tertiary/aromatic N) is 1. The van der Waals surface area contributed by atoms with Crippen molar-refractivity contribution < 1.29 is 9.15 Å². The Bertz CT molecular complexity index is 501. The summed E-state index contributed by atoms with van der Waals surface area (Å²) in [4.78, 5) is 4.79. The van der Waals surface area contributed by atoms with Gasteiger partial charge in [0, 0.05) is 25.6 Å². The maximum Gasteiger partial charge on any atom is 0.191 e. The summed E-state index contributed by atoms with van der Waals surface area (Å²) in [5.74, 6) is 2.64. The zero-order valence-electron chi connectivity index (χ0n) is 15.2. The van der Waals surface area contributed by atoms with Crippen LogP contribution >= 0.6 is 24.0 Å². The number of nitrogens with one attached hydrogen (secondary N) is 2. The summed E-state index contributed by atoms with van der Waals surface area (Å²) >= 11 is 0. The summed E-state index contributed by atoms with van der Waals surface area (Å²) in [6, 6.07) is 4.48. The van der Waals surface area contributed by atoms with Crippen molar-refractivity contribution in [1.29, 1.82) is 0 Å². The SMILES string of the molecule is CC1CCCCC1NC(=NCC1CCCO1)NCCc1ccco1.I. The molecule has 0 bridgehead atoms. The lowest BCUT2D eigenvalue weighted by Gasteiger charge is -2.31. The molecule has 3 rings (SSSR count). The highest BCUT2D eigenvalue weighted by atomic mass is 127. The van der Waals surface area contributed by atoms with E-state index in [1.807, 2.05) is 12.1 Å². The van der Waals surface area contributed by atoms with Gasteiger partial charge in [-0.15, -0.1) is 24.0 Å². The first-order valence-corrected chi connectivity index (χ1v) is 9.50. The molecule has 3 unspecified atom stereocenters. The van der Waals surface area contributed by atoms with Crippen molar-refractivity contribution >= 4 is 29.9 Å². The van der Waals surface area contributed by atoms with E-state index in [0.717, 1.165) is 50.7 Å². The zero-order valence-corrected chi connectivity index (χ0v) is 17.5. The van der Waals surface area contributed by atoms with Crippen molar-refractivity contribution in [2.24, 2.45) is 10.9 Å². The lowest BCUT2D eigenvalue weighted by molar-refractivity contribution is 0.117. The lowest BCUT2D eigenvalue weighted by atomic mass is 9.86. The Kier molecular flexibility index (Phi) is 9.09. The number of rotatable bonds is 6. The molecular weight excluding hydrogens is 429 g/mol. The van der Waals surface area contributed by atoms with Crippen LogP contribution < -0.4 is 10.6 Å². The van der Waals surface area contributed by atoms with Gasteiger partial charge in [0.05, 0.1) is 18.9 Å². The van der Waals surface area contributed by atoms with E-state index in [1.54, 1.807) is 6.26 Å². The van der Waals surface area contributed by atoms with Crippen molar-refractivity contribution in [3.63, 3.8) is 0 Å². The average molecular weight is 461 g/mol. The Morgan fingerprint density at radius 1 is 1.24 bits per heavy atom. The van der Waals surface area contributed by atoms with Gasteiger partial charge >= 0.3 is 0 Å². The predicted octanol–water partition coefficient (Wildman–Crippen LogP) is 3.73. The van der Waals surface area contributed by atoms with Gasteiger partial charge < -0.3 is 19.8 Å². The van der Waals surface area contributed by atoms with Crippen molar-refractivity contribution in [1.82, 2.24) is 10.6 Å². The quantitative estimate of drug-likeness (QED) is 0.385. The van der Waals surface area contributed by atoms with Gasteiger partial charge in [-0.25, -0.2) is 0 Å². The fraction of sp³-hybridized carbons (Fsp3) is 0.737. The monoisotopic (exact) mass is 461 g/mol. The number of guanidine groups is 1. The van der Waals surface area contributed by atoms with E-state index in [1.165, 1.54) is 25.7 Å². The van der Waals surface area contributed by atoms with Gasteiger partial charge in [-0.2, -0.15) is 0 Å². The van der Waals surface area contributed by atoms with Gasteiger partial charge in [0.25, 0.3) is 0 Å². The topological polar surface area (TPSA) is 58.8 Å². The second-order valence-electron chi connectivity index (χ2n) is 7.09. The van der Waals surface area contributed by atoms with Crippen molar-refractivity contribution in [2.45, 2.75) is 64.0 Å². The molecule has 142 valence electrons. The van der Waals surface area contributed by atoms with Crippen LogP contribution in [0.5, 0.6) is 0 Å². The van der Waals surface area contributed by atoms with Crippen molar-refractivity contribution in [3.05, 3.63) is 24.2 Å². The molecule has 1 aromatic rings. The van der Waals surface area contributed by atoms with Crippen LogP contribution in [-0.4, -0.2) is 37.8 Å². The fourth-order valence-electron chi connectivity index (χ4n) is 3.60. The first-order valence-electron chi connectivity index (χ1n) is 9.50. The molecule has 6 heteroatoms. The Hall–Kier alpha value is -0.760. The van der Waals surface area contributed by atoms with E-state index in [4.69, 9.17) is 14.1 Å². The molecule has 2 heterocycles. The van der Waals surface area contributed by atoms with Crippen LogP contribution in [0.15, 0.2) is 27.8 Å². The number of aliphatic imine (C=N–C) groups is 1. The minimum absolute atomic E-state index is 0. The van der Waals surface area contributed by atoms with Crippen LogP contribution in [0.25, 0.3) is 0 Å². The lowest BCUT2D eigenvalue weighted by Crippen LogP contribution is -2.48. The number of hydrogen-bond donors (Lipinski definition) is 2. The van der Waals surface area contributed by atoms with Crippen LogP contribution in [0.4, 0.5) is 0 Å². The number of furan rings is 1. The van der Waals surface area contributed by atoms with Gasteiger partial charge in [-0.3, -0.25) is 4.99 Å². The smallest absolute Gasteiger partial charge is 0.191 e. The Morgan fingerprint density at radius 3 is 2.84 bits per heavy atom. The van der Waals surface area contributed by atoms with E-state index in [2.05, 4.69) is 17.6 Å². The summed E-state index contributed by atoms with van der Waals surface area (Å²) in [5.41, 5.74) is 0. The molecule has 1 saturated heterocycles. The van der Waals surface area contributed by atoms with E-state index < -0.39 is 0 Å². The number of ether oxygens (including phenoxy) is 1. The molecule has 1 saturated carbocycles.